The standard InChI is InChI=1S/C14H21FN2O3S/c15-13-5-4-12(9-16)14(8-13)21(18,19)17-6-1-7-20-10-11-2-3-11/h4-5,8,11,17H,1-3,6-7,9-10,16H2. The third-order valence-corrected chi connectivity index (χ3v) is 4.89. The lowest BCUT2D eigenvalue weighted by Gasteiger charge is -2.10. The molecular weight excluding hydrogens is 295 g/mol. The summed E-state index contributed by atoms with van der Waals surface area (Å²) < 4.78 is 45.4. The van der Waals surface area contributed by atoms with Gasteiger partial charge < -0.3 is 10.5 Å². The van der Waals surface area contributed by atoms with Crippen molar-refractivity contribution in [3.8, 4) is 0 Å². The van der Waals surface area contributed by atoms with E-state index in [0.717, 1.165) is 12.7 Å². The van der Waals surface area contributed by atoms with Gasteiger partial charge in [0.2, 0.25) is 10.0 Å². The molecule has 1 fully saturated rings. The van der Waals surface area contributed by atoms with Crippen LogP contribution in [0.2, 0.25) is 0 Å². The van der Waals surface area contributed by atoms with E-state index in [0.29, 0.717) is 24.5 Å². The lowest BCUT2D eigenvalue weighted by Crippen LogP contribution is -2.27. The van der Waals surface area contributed by atoms with E-state index in [4.69, 9.17) is 10.5 Å². The zero-order valence-corrected chi connectivity index (χ0v) is 12.7. The van der Waals surface area contributed by atoms with Crippen LogP contribution in [-0.2, 0) is 21.3 Å². The number of sulfonamides is 1. The quantitative estimate of drug-likeness (QED) is 0.674. The molecule has 1 saturated carbocycles. The summed E-state index contributed by atoms with van der Waals surface area (Å²) in [5, 5.41) is 0. The SMILES string of the molecule is NCc1ccc(F)cc1S(=O)(=O)NCCCOCC1CC1. The van der Waals surface area contributed by atoms with Crippen LogP contribution in [0, 0.1) is 11.7 Å². The maximum absolute atomic E-state index is 13.2. The number of nitrogens with two attached hydrogens (primary N) is 1. The van der Waals surface area contributed by atoms with Gasteiger partial charge in [-0.15, -0.1) is 0 Å². The Morgan fingerprint density at radius 1 is 1.38 bits per heavy atom. The highest BCUT2D eigenvalue weighted by molar-refractivity contribution is 7.89. The van der Waals surface area contributed by atoms with Crippen LogP contribution in [-0.4, -0.2) is 28.2 Å². The van der Waals surface area contributed by atoms with Gasteiger partial charge in [0.05, 0.1) is 4.90 Å². The third-order valence-electron chi connectivity index (χ3n) is 3.35. The Morgan fingerprint density at radius 2 is 2.14 bits per heavy atom. The summed E-state index contributed by atoms with van der Waals surface area (Å²) in [5.41, 5.74) is 5.89. The molecule has 7 heteroatoms. The minimum absolute atomic E-state index is 0.0427. The molecule has 5 nitrogen and oxygen atoms in total. The molecule has 0 aliphatic heterocycles. The highest BCUT2D eigenvalue weighted by Crippen LogP contribution is 2.28. The molecule has 0 bridgehead atoms. The first-order valence-electron chi connectivity index (χ1n) is 7.09. The van der Waals surface area contributed by atoms with Gasteiger partial charge >= 0.3 is 0 Å². The van der Waals surface area contributed by atoms with Crippen molar-refractivity contribution in [2.24, 2.45) is 11.7 Å². The lowest BCUT2D eigenvalue weighted by atomic mass is 10.2. The van der Waals surface area contributed by atoms with Gasteiger partial charge in [0.1, 0.15) is 5.82 Å². The van der Waals surface area contributed by atoms with E-state index in [1.54, 1.807) is 0 Å². The summed E-state index contributed by atoms with van der Waals surface area (Å²) in [5.74, 6) is 0.0986. The Labute approximate surface area is 124 Å². The highest BCUT2D eigenvalue weighted by atomic mass is 32.2. The summed E-state index contributed by atoms with van der Waals surface area (Å²) in [6.45, 7) is 1.58. The minimum Gasteiger partial charge on any atom is -0.381 e. The van der Waals surface area contributed by atoms with Crippen molar-refractivity contribution < 1.29 is 17.5 Å². The van der Waals surface area contributed by atoms with E-state index in [1.807, 2.05) is 0 Å². The van der Waals surface area contributed by atoms with Crippen LogP contribution in [0.5, 0.6) is 0 Å². The summed E-state index contributed by atoms with van der Waals surface area (Å²) in [4.78, 5) is -0.0936. The van der Waals surface area contributed by atoms with E-state index >= 15 is 0 Å². The molecule has 0 aromatic heterocycles. The van der Waals surface area contributed by atoms with Crippen molar-refractivity contribution in [3.05, 3.63) is 29.6 Å². The first-order chi connectivity index (χ1) is 10.0. The number of halogens is 1. The normalized spacial score (nSPS) is 15.3. The molecule has 1 aliphatic carbocycles. The molecule has 1 aliphatic rings. The van der Waals surface area contributed by atoms with Gasteiger partial charge in [-0.1, -0.05) is 6.07 Å². The van der Waals surface area contributed by atoms with Gasteiger partial charge in [-0.25, -0.2) is 17.5 Å². The highest BCUT2D eigenvalue weighted by Gasteiger charge is 2.21. The second-order valence-corrected chi connectivity index (χ2v) is 6.96. The van der Waals surface area contributed by atoms with E-state index in [2.05, 4.69) is 4.72 Å². The summed E-state index contributed by atoms with van der Waals surface area (Å²) >= 11 is 0. The molecule has 0 saturated heterocycles. The van der Waals surface area contributed by atoms with Gasteiger partial charge in [0, 0.05) is 26.3 Å². The van der Waals surface area contributed by atoms with Gasteiger partial charge in [-0.2, -0.15) is 0 Å². The summed E-state index contributed by atoms with van der Waals surface area (Å²) in [7, 11) is -3.74. The van der Waals surface area contributed by atoms with Gasteiger partial charge in [0.15, 0.2) is 0 Å². The topological polar surface area (TPSA) is 81.4 Å². The Balaban J connectivity index is 1.84. The van der Waals surface area contributed by atoms with E-state index in [-0.39, 0.29) is 18.0 Å². The molecule has 118 valence electrons. The van der Waals surface area contributed by atoms with Crippen molar-refractivity contribution in [2.45, 2.75) is 30.7 Å². The second-order valence-electron chi connectivity index (χ2n) is 5.23. The van der Waals surface area contributed by atoms with E-state index < -0.39 is 15.8 Å². The van der Waals surface area contributed by atoms with Gasteiger partial charge in [0.25, 0.3) is 0 Å². The Hall–Kier alpha value is -1.02. The molecule has 0 radical (unpaired) electrons. The molecule has 0 heterocycles. The van der Waals surface area contributed by atoms with Crippen LogP contribution in [0.15, 0.2) is 23.1 Å². The fourth-order valence-electron chi connectivity index (χ4n) is 1.94. The average molecular weight is 316 g/mol. The predicted molar refractivity (Wildman–Crippen MR) is 77.6 cm³/mol. The van der Waals surface area contributed by atoms with Crippen molar-refractivity contribution in [2.75, 3.05) is 19.8 Å². The minimum atomic E-state index is -3.74. The Morgan fingerprint density at radius 3 is 2.81 bits per heavy atom. The largest absolute Gasteiger partial charge is 0.381 e. The molecule has 0 atom stereocenters. The summed E-state index contributed by atoms with van der Waals surface area (Å²) in [6.07, 6.45) is 3.04. The first-order valence-corrected chi connectivity index (χ1v) is 8.57. The number of rotatable bonds is 9. The van der Waals surface area contributed by atoms with Crippen LogP contribution < -0.4 is 10.5 Å². The third kappa shape index (κ3) is 5.03. The molecule has 1 aromatic rings. The summed E-state index contributed by atoms with van der Waals surface area (Å²) in [6, 6.07) is 3.59. The average Bonchev–Trinajstić information content (AvgIpc) is 3.27. The number of ether oxygens (including phenoxy) is 1. The number of nitrogens with one attached hydrogen (secondary N) is 1. The van der Waals surface area contributed by atoms with E-state index in [1.165, 1.54) is 25.0 Å². The molecular formula is C14H21FN2O3S. The monoisotopic (exact) mass is 316 g/mol. The molecule has 3 N–H and O–H groups in total. The molecule has 1 aromatic carbocycles. The fourth-order valence-corrected chi connectivity index (χ4v) is 3.27. The van der Waals surface area contributed by atoms with Crippen LogP contribution >= 0.6 is 0 Å². The molecule has 0 unspecified atom stereocenters. The van der Waals surface area contributed by atoms with Crippen LogP contribution in [0.1, 0.15) is 24.8 Å². The zero-order valence-electron chi connectivity index (χ0n) is 11.8. The maximum atomic E-state index is 13.2. The van der Waals surface area contributed by atoms with Crippen molar-refractivity contribution in [1.29, 1.82) is 0 Å². The Kier molecular flexibility index (Phi) is 5.69. The zero-order chi connectivity index (χ0) is 15.3. The van der Waals surface area contributed by atoms with Crippen molar-refractivity contribution >= 4 is 10.0 Å². The van der Waals surface area contributed by atoms with E-state index in [9.17, 15) is 12.8 Å². The van der Waals surface area contributed by atoms with Crippen LogP contribution in [0.3, 0.4) is 0 Å². The predicted octanol–water partition coefficient (Wildman–Crippen LogP) is 1.38. The lowest BCUT2D eigenvalue weighted by molar-refractivity contribution is 0.123. The van der Waals surface area contributed by atoms with Gasteiger partial charge in [-0.05, 0) is 42.9 Å². The van der Waals surface area contributed by atoms with Crippen LogP contribution in [0.4, 0.5) is 4.39 Å². The van der Waals surface area contributed by atoms with Crippen molar-refractivity contribution in [3.63, 3.8) is 0 Å². The number of hydrogen-bond donors (Lipinski definition) is 2. The maximum Gasteiger partial charge on any atom is 0.240 e. The number of benzene rings is 1. The molecule has 21 heavy (non-hydrogen) atoms. The fraction of sp³-hybridized carbons (Fsp3) is 0.571. The molecule has 2 rings (SSSR count). The molecule has 0 spiro atoms. The first kappa shape index (κ1) is 16.4. The van der Waals surface area contributed by atoms with Gasteiger partial charge in [-0.3, -0.25) is 0 Å². The number of hydrogen-bond acceptors (Lipinski definition) is 4. The smallest absolute Gasteiger partial charge is 0.240 e. The second kappa shape index (κ2) is 7.31. The molecule has 0 amide bonds. The van der Waals surface area contributed by atoms with Crippen LogP contribution in [0.25, 0.3) is 0 Å². The van der Waals surface area contributed by atoms with Crippen molar-refractivity contribution in [1.82, 2.24) is 4.72 Å². The Bertz CT molecular complexity index is 574.